The van der Waals surface area contributed by atoms with Crippen LogP contribution in [0.5, 0.6) is 0 Å². The molecule has 1 rings (SSSR count). The van der Waals surface area contributed by atoms with Gasteiger partial charge in [-0.15, -0.1) is 0 Å². The van der Waals surface area contributed by atoms with E-state index in [1.807, 2.05) is 0 Å². The van der Waals surface area contributed by atoms with Crippen molar-refractivity contribution < 1.29 is 19.3 Å². The van der Waals surface area contributed by atoms with Crippen LogP contribution >= 0.6 is 0 Å². The van der Waals surface area contributed by atoms with Gasteiger partial charge >= 0.3 is 0 Å². The first kappa shape index (κ1) is 14.2. The summed E-state index contributed by atoms with van der Waals surface area (Å²) in [6, 6.07) is 0.441. The summed E-state index contributed by atoms with van der Waals surface area (Å²) in [4.78, 5) is 5.67. The van der Waals surface area contributed by atoms with Gasteiger partial charge in [-0.25, -0.2) is 4.99 Å². The molecule has 17 heavy (non-hydrogen) atoms. The quantitative estimate of drug-likeness (QED) is 0.534. The van der Waals surface area contributed by atoms with Crippen molar-refractivity contribution in [1.82, 2.24) is 4.90 Å². The molecule has 6 heteroatoms. The number of halogens is 1. The van der Waals surface area contributed by atoms with Crippen LogP contribution in [0.2, 0.25) is 0 Å². The molecule has 2 N–H and O–H groups in total. The number of ether oxygens (including phenoxy) is 1. The number of nitrogens with zero attached hydrogens (tertiary/aromatic N) is 2. The molecule has 0 aliphatic heterocycles. The fourth-order valence-electron chi connectivity index (χ4n) is 2.05. The van der Waals surface area contributed by atoms with Gasteiger partial charge in [-0.3, -0.25) is 4.39 Å². The van der Waals surface area contributed by atoms with E-state index in [4.69, 9.17) is 4.74 Å². The van der Waals surface area contributed by atoms with Gasteiger partial charge in [-0.05, 0) is 6.42 Å². The highest BCUT2D eigenvalue weighted by molar-refractivity contribution is 5.73. The van der Waals surface area contributed by atoms with E-state index in [2.05, 4.69) is 4.99 Å². The number of hydrogen-bond acceptors (Lipinski definition) is 4. The highest BCUT2D eigenvalue weighted by atomic mass is 19.1. The molecule has 0 radical (unpaired) electrons. The molecule has 0 bridgehead atoms. The van der Waals surface area contributed by atoms with Crippen molar-refractivity contribution in [2.45, 2.75) is 31.2 Å². The Kier molecular flexibility index (Phi) is 5.14. The summed E-state index contributed by atoms with van der Waals surface area (Å²) >= 11 is 0. The lowest BCUT2D eigenvalue weighted by Crippen LogP contribution is -2.46. The molecule has 1 fully saturated rings. The van der Waals surface area contributed by atoms with E-state index in [1.165, 1.54) is 0 Å². The third-order valence-corrected chi connectivity index (χ3v) is 2.99. The Hall–Kier alpha value is -0.880. The van der Waals surface area contributed by atoms with E-state index in [0.29, 0.717) is 18.9 Å². The summed E-state index contributed by atoms with van der Waals surface area (Å²) in [6.45, 7) is -0.654. The van der Waals surface area contributed by atoms with Crippen molar-refractivity contribution in [2.75, 3.05) is 27.8 Å². The van der Waals surface area contributed by atoms with E-state index in [-0.39, 0.29) is 6.10 Å². The highest BCUT2D eigenvalue weighted by Crippen LogP contribution is 2.28. The molecule has 0 aromatic rings. The molecule has 4 atom stereocenters. The normalized spacial score (nSPS) is 34.6. The monoisotopic (exact) mass is 248 g/mol. The number of hydrogen-bond donors (Lipinski definition) is 2. The summed E-state index contributed by atoms with van der Waals surface area (Å²) in [5, 5.41) is 19.2. The molecule has 1 aliphatic carbocycles. The van der Waals surface area contributed by atoms with Crippen LogP contribution in [0.4, 0.5) is 4.39 Å². The van der Waals surface area contributed by atoms with Gasteiger partial charge in [-0.1, -0.05) is 0 Å². The average molecular weight is 248 g/mol. The summed E-state index contributed by atoms with van der Waals surface area (Å²) in [5.74, 6) is -0.566. The summed E-state index contributed by atoms with van der Waals surface area (Å²) < 4.78 is 18.3. The minimum atomic E-state index is -0.999. The summed E-state index contributed by atoms with van der Waals surface area (Å²) in [5.41, 5.74) is 0. The van der Waals surface area contributed by atoms with Gasteiger partial charge in [0.1, 0.15) is 6.10 Å². The van der Waals surface area contributed by atoms with Gasteiger partial charge < -0.3 is 19.8 Å². The van der Waals surface area contributed by atoms with Crippen molar-refractivity contribution in [3.63, 3.8) is 0 Å². The zero-order valence-electron chi connectivity index (χ0n) is 10.5. The van der Waals surface area contributed by atoms with Gasteiger partial charge in [0.2, 0.25) is 0 Å². The molecule has 100 valence electrons. The topological polar surface area (TPSA) is 65.3 Å². The second kappa shape index (κ2) is 6.16. The zero-order valence-corrected chi connectivity index (χ0v) is 10.5. The standard InChI is InChI=1S/C11H21FN2O3/c1-13-11(14(2)3)17-8-4-7(6-12)10(16)9(15)5-8/h7-10,15-16H,4-6H2,1-3H3. The van der Waals surface area contributed by atoms with Gasteiger partial charge in [0.15, 0.2) is 0 Å². The summed E-state index contributed by atoms with van der Waals surface area (Å²) in [7, 11) is 5.20. The van der Waals surface area contributed by atoms with Gasteiger partial charge in [-0.2, -0.15) is 0 Å². The molecule has 0 aromatic carbocycles. The minimum Gasteiger partial charge on any atom is -0.462 e. The molecule has 5 nitrogen and oxygen atoms in total. The van der Waals surface area contributed by atoms with Crippen LogP contribution in [-0.4, -0.2) is 67.3 Å². The molecule has 0 aromatic heterocycles. The van der Waals surface area contributed by atoms with Crippen molar-refractivity contribution in [3.8, 4) is 0 Å². The molecule has 1 aliphatic rings. The molecular formula is C11H21FN2O3. The maximum absolute atomic E-state index is 12.7. The lowest BCUT2D eigenvalue weighted by molar-refractivity contribution is -0.0866. The van der Waals surface area contributed by atoms with E-state index in [0.717, 1.165) is 0 Å². The Balaban J connectivity index is 2.61. The largest absolute Gasteiger partial charge is 0.462 e. The Bertz CT molecular complexity index is 273. The molecule has 0 saturated heterocycles. The number of aliphatic imine (C=N–C) groups is 1. The van der Waals surface area contributed by atoms with E-state index >= 15 is 0 Å². The molecule has 0 heterocycles. The molecule has 0 spiro atoms. The van der Waals surface area contributed by atoms with E-state index in [1.54, 1.807) is 26.0 Å². The minimum absolute atomic E-state index is 0.296. The number of amidine groups is 1. The van der Waals surface area contributed by atoms with Crippen LogP contribution in [-0.2, 0) is 4.74 Å². The molecule has 1 saturated carbocycles. The van der Waals surface area contributed by atoms with Crippen LogP contribution in [0.3, 0.4) is 0 Å². The molecule has 4 unspecified atom stereocenters. The fourth-order valence-corrected chi connectivity index (χ4v) is 2.05. The van der Waals surface area contributed by atoms with Gasteiger partial charge in [0.05, 0.1) is 18.9 Å². The number of rotatable bonds is 2. The predicted octanol–water partition coefficient (Wildman–Crippen LogP) is 0.0203. The van der Waals surface area contributed by atoms with Crippen LogP contribution in [0, 0.1) is 5.92 Å². The maximum Gasteiger partial charge on any atom is 0.286 e. The number of aliphatic hydroxyl groups is 2. The number of aliphatic hydroxyl groups excluding tert-OH is 2. The first-order valence-electron chi connectivity index (χ1n) is 5.72. The van der Waals surface area contributed by atoms with Crippen LogP contribution in [0.1, 0.15) is 12.8 Å². The molecular weight excluding hydrogens is 227 g/mol. The van der Waals surface area contributed by atoms with E-state index in [9.17, 15) is 14.6 Å². The van der Waals surface area contributed by atoms with E-state index < -0.39 is 24.8 Å². The Labute approximate surface area is 101 Å². The first-order chi connectivity index (χ1) is 7.99. The average Bonchev–Trinajstić information content (AvgIpc) is 2.29. The second-order valence-corrected chi connectivity index (χ2v) is 4.58. The van der Waals surface area contributed by atoms with Crippen molar-refractivity contribution in [3.05, 3.63) is 0 Å². The summed E-state index contributed by atoms with van der Waals surface area (Å²) in [6.07, 6.45) is -1.56. The number of alkyl halides is 1. The third kappa shape index (κ3) is 3.54. The van der Waals surface area contributed by atoms with Crippen LogP contribution < -0.4 is 0 Å². The van der Waals surface area contributed by atoms with Gasteiger partial charge in [0, 0.05) is 33.5 Å². The third-order valence-electron chi connectivity index (χ3n) is 2.99. The lowest BCUT2D eigenvalue weighted by atomic mass is 9.83. The lowest BCUT2D eigenvalue weighted by Gasteiger charge is -2.36. The van der Waals surface area contributed by atoms with Crippen molar-refractivity contribution in [1.29, 1.82) is 0 Å². The second-order valence-electron chi connectivity index (χ2n) is 4.58. The van der Waals surface area contributed by atoms with Crippen molar-refractivity contribution >= 4 is 6.02 Å². The van der Waals surface area contributed by atoms with Gasteiger partial charge in [0.25, 0.3) is 6.02 Å². The van der Waals surface area contributed by atoms with Crippen LogP contribution in [0.15, 0.2) is 4.99 Å². The van der Waals surface area contributed by atoms with Crippen molar-refractivity contribution in [2.24, 2.45) is 10.9 Å². The smallest absolute Gasteiger partial charge is 0.286 e. The highest BCUT2D eigenvalue weighted by Gasteiger charge is 2.37. The molecule has 0 amide bonds. The Morgan fingerprint density at radius 1 is 1.41 bits per heavy atom. The Morgan fingerprint density at radius 2 is 2.06 bits per heavy atom. The maximum atomic E-state index is 12.7. The Morgan fingerprint density at radius 3 is 2.53 bits per heavy atom. The fraction of sp³-hybridized carbons (Fsp3) is 0.909. The van der Waals surface area contributed by atoms with Crippen LogP contribution in [0.25, 0.3) is 0 Å². The SMILES string of the molecule is CN=C(OC1CC(O)C(O)C(CF)C1)N(C)C. The zero-order chi connectivity index (χ0) is 13.0. The predicted molar refractivity (Wildman–Crippen MR) is 62.6 cm³/mol. The first-order valence-corrected chi connectivity index (χ1v) is 5.72.